The largest absolute Gasteiger partial charge is 0.331 e. The molecule has 1 spiro atoms. The molecule has 1 aromatic heterocycles. The first kappa shape index (κ1) is 11.8. The van der Waals surface area contributed by atoms with Gasteiger partial charge < -0.3 is 0 Å². The van der Waals surface area contributed by atoms with Gasteiger partial charge in [-0.05, 0) is 25.0 Å². The third-order valence-electron chi connectivity index (χ3n) is 3.81. The van der Waals surface area contributed by atoms with E-state index < -0.39 is 23.3 Å². The highest BCUT2D eigenvalue weighted by Crippen LogP contribution is 2.44. The van der Waals surface area contributed by atoms with Gasteiger partial charge in [0.05, 0.1) is 12.2 Å². The molecule has 1 aliphatic carbocycles. The lowest BCUT2D eigenvalue weighted by atomic mass is 9.66. The van der Waals surface area contributed by atoms with Crippen molar-refractivity contribution in [2.24, 2.45) is 5.41 Å². The highest BCUT2D eigenvalue weighted by molar-refractivity contribution is 6.19. The van der Waals surface area contributed by atoms with Crippen LogP contribution in [-0.2, 0) is 16.1 Å². The first-order valence-corrected chi connectivity index (χ1v) is 6.21. The molecule has 6 heteroatoms. The molecular weight excluding hydrogens is 246 g/mol. The van der Waals surface area contributed by atoms with Crippen molar-refractivity contribution in [3.63, 3.8) is 0 Å². The van der Waals surface area contributed by atoms with E-state index in [2.05, 4.69) is 10.3 Å². The van der Waals surface area contributed by atoms with Crippen LogP contribution in [0.25, 0.3) is 0 Å². The van der Waals surface area contributed by atoms with Gasteiger partial charge in [0, 0.05) is 6.20 Å². The zero-order valence-corrected chi connectivity index (χ0v) is 10.3. The number of aromatic nitrogens is 1. The van der Waals surface area contributed by atoms with Crippen LogP contribution in [0.15, 0.2) is 24.4 Å². The molecule has 2 fully saturated rings. The minimum absolute atomic E-state index is 0.0978. The number of carbonyl (C=O) groups is 3. The number of nitrogens with one attached hydrogen (secondary N) is 1. The molecule has 1 saturated heterocycles. The fourth-order valence-electron chi connectivity index (χ4n) is 2.50. The van der Waals surface area contributed by atoms with E-state index in [1.807, 2.05) is 0 Å². The van der Waals surface area contributed by atoms with E-state index in [1.165, 1.54) is 0 Å². The predicted octanol–water partition coefficient (Wildman–Crippen LogP) is 0.830. The lowest BCUT2D eigenvalue weighted by molar-refractivity contribution is -0.158. The van der Waals surface area contributed by atoms with Gasteiger partial charge >= 0.3 is 6.03 Å². The van der Waals surface area contributed by atoms with Crippen molar-refractivity contribution in [3.05, 3.63) is 30.1 Å². The van der Waals surface area contributed by atoms with Gasteiger partial charge in [-0.15, -0.1) is 0 Å². The summed E-state index contributed by atoms with van der Waals surface area (Å²) in [6.07, 6.45) is 3.48. The van der Waals surface area contributed by atoms with E-state index in [4.69, 9.17) is 0 Å². The summed E-state index contributed by atoms with van der Waals surface area (Å²) in [6.45, 7) is 0.0978. The van der Waals surface area contributed by atoms with Crippen LogP contribution in [0.5, 0.6) is 0 Å². The normalized spacial score (nSPS) is 21.3. The summed E-state index contributed by atoms with van der Waals surface area (Å²) >= 11 is 0. The average Bonchev–Trinajstić information content (AvgIpc) is 2.34. The summed E-state index contributed by atoms with van der Waals surface area (Å²) in [5.41, 5.74) is -0.391. The smallest absolute Gasteiger partial charge is 0.277 e. The van der Waals surface area contributed by atoms with Gasteiger partial charge in [0.2, 0.25) is 11.8 Å². The summed E-state index contributed by atoms with van der Waals surface area (Å²) in [4.78, 5) is 41.2. The zero-order chi connectivity index (χ0) is 13.5. The fraction of sp³-hybridized carbons (Fsp3) is 0.385. The second-order valence-electron chi connectivity index (χ2n) is 4.91. The Balaban J connectivity index is 1.86. The van der Waals surface area contributed by atoms with E-state index in [0.29, 0.717) is 18.5 Å². The van der Waals surface area contributed by atoms with E-state index in [-0.39, 0.29) is 6.54 Å². The van der Waals surface area contributed by atoms with Crippen LogP contribution >= 0.6 is 0 Å². The highest BCUT2D eigenvalue weighted by Gasteiger charge is 2.57. The minimum Gasteiger partial charge on any atom is -0.277 e. The van der Waals surface area contributed by atoms with Crippen molar-refractivity contribution < 1.29 is 14.4 Å². The number of hydrogen-bond donors (Lipinski definition) is 1. The molecule has 1 N–H and O–H groups in total. The van der Waals surface area contributed by atoms with Crippen molar-refractivity contribution in [1.82, 2.24) is 15.2 Å². The van der Waals surface area contributed by atoms with E-state index in [0.717, 1.165) is 11.3 Å². The van der Waals surface area contributed by atoms with Crippen LogP contribution in [0.4, 0.5) is 4.79 Å². The maximum atomic E-state index is 12.4. The minimum atomic E-state index is -1.01. The van der Waals surface area contributed by atoms with Gasteiger partial charge in [-0.25, -0.2) is 4.79 Å². The van der Waals surface area contributed by atoms with Gasteiger partial charge in [0.15, 0.2) is 0 Å². The second kappa shape index (κ2) is 4.15. The van der Waals surface area contributed by atoms with E-state index in [9.17, 15) is 14.4 Å². The Labute approximate surface area is 109 Å². The predicted molar refractivity (Wildman–Crippen MR) is 64.6 cm³/mol. The van der Waals surface area contributed by atoms with Crippen LogP contribution in [0.3, 0.4) is 0 Å². The Morgan fingerprint density at radius 1 is 1.26 bits per heavy atom. The molecule has 0 bridgehead atoms. The summed E-state index contributed by atoms with van der Waals surface area (Å²) in [5, 5.41) is 2.27. The standard InChI is InChI=1S/C13H13N3O3/c17-10-13(5-3-6-13)11(18)16(12(19)15-10)8-9-4-1-2-7-14-9/h1-2,4,7H,3,5-6,8H2,(H,15,17,19). The number of amides is 4. The van der Waals surface area contributed by atoms with Crippen LogP contribution < -0.4 is 5.32 Å². The molecule has 98 valence electrons. The van der Waals surface area contributed by atoms with Crippen LogP contribution in [-0.4, -0.2) is 27.7 Å². The Kier molecular flexibility index (Phi) is 2.58. The molecule has 3 rings (SSSR count). The van der Waals surface area contributed by atoms with Crippen LogP contribution in [0.2, 0.25) is 0 Å². The zero-order valence-electron chi connectivity index (χ0n) is 10.3. The average molecular weight is 259 g/mol. The Morgan fingerprint density at radius 3 is 2.63 bits per heavy atom. The van der Waals surface area contributed by atoms with Crippen LogP contribution in [0.1, 0.15) is 25.0 Å². The van der Waals surface area contributed by atoms with Crippen molar-refractivity contribution >= 4 is 17.8 Å². The molecule has 0 atom stereocenters. The summed E-state index contributed by atoms with van der Waals surface area (Å²) in [5.74, 6) is -0.843. The summed E-state index contributed by atoms with van der Waals surface area (Å²) in [7, 11) is 0. The molecule has 2 aliphatic rings. The molecule has 4 amide bonds. The highest BCUT2D eigenvalue weighted by atomic mass is 16.2. The van der Waals surface area contributed by atoms with Gasteiger partial charge in [-0.3, -0.25) is 24.8 Å². The molecule has 1 aliphatic heterocycles. The Morgan fingerprint density at radius 2 is 2.05 bits per heavy atom. The lowest BCUT2D eigenvalue weighted by Gasteiger charge is -2.44. The number of hydrogen-bond acceptors (Lipinski definition) is 4. The number of pyridine rings is 1. The Hall–Kier alpha value is -2.24. The molecule has 19 heavy (non-hydrogen) atoms. The summed E-state index contributed by atoms with van der Waals surface area (Å²) < 4.78 is 0. The number of rotatable bonds is 2. The third kappa shape index (κ3) is 1.71. The lowest BCUT2D eigenvalue weighted by Crippen LogP contribution is -2.65. The quantitative estimate of drug-likeness (QED) is 0.798. The first-order chi connectivity index (χ1) is 9.13. The Bertz CT molecular complexity index is 552. The van der Waals surface area contributed by atoms with Crippen LogP contribution in [0, 0.1) is 5.41 Å². The molecule has 0 unspecified atom stereocenters. The summed E-state index contributed by atoms with van der Waals surface area (Å²) in [6, 6.07) is 4.64. The maximum Gasteiger partial charge on any atom is 0.331 e. The van der Waals surface area contributed by atoms with Crippen molar-refractivity contribution in [3.8, 4) is 0 Å². The van der Waals surface area contributed by atoms with Crippen molar-refractivity contribution in [2.45, 2.75) is 25.8 Å². The molecule has 1 saturated carbocycles. The monoisotopic (exact) mass is 259 g/mol. The number of carbonyl (C=O) groups excluding carboxylic acids is 3. The van der Waals surface area contributed by atoms with Gasteiger partial charge in [0.25, 0.3) is 0 Å². The van der Waals surface area contributed by atoms with Gasteiger partial charge in [-0.2, -0.15) is 0 Å². The third-order valence-corrected chi connectivity index (χ3v) is 3.81. The first-order valence-electron chi connectivity index (χ1n) is 6.21. The maximum absolute atomic E-state index is 12.4. The number of barbiturate groups is 1. The number of nitrogens with zero attached hydrogens (tertiary/aromatic N) is 2. The number of urea groups is 1. The van der Waals surface area contributed by atoms with Crippen molar-refractivity contribution in [1.29, 1.82) is 0 Å². The number of imide groups is 2. The van der Waals surface area contributed by atoms with Gasteiger partial charge in [-0.1, -0.05) is 12.5 Å². The second-order valence-corrected chi connectivity index (χ2v) is 4.91. The fourth-order valence-corrected chi connectivity index (χ4v) is 2.50. The SMILES string of the molecule is O=C1NC(=O)C2(CCC2)C(=O)N1Cc1ccccn1. The molecule has 6 nitrogen and oxygen atoms in total. The molecular formula is C13H13N3O3. The molecule has 1 aromatic rings. The molecule has 2 heterocycles. The van der Waals surface area contributed by atoms with E-state index in [1.54, 1.807) is 24.4 Å². The van der Waals surface area contributed by atoms with E-state index >= 15 is 0 Å². The molecule has 0 radical (unpaired) electrons. The topological polar surface area (TPSA) is 79.4 Å². The molecule has 0 aromatic carbocycles. The van der Waals surface area contributed by atoms with Gasteiger partial charge in [0.1, 0.15) is 5.41 Å². The van der Waals surface area contributed by atoms with Crippen molar-refractivity contribution in [2.75, 3.05) is 0 Å².